The highest BCUT2D eigenvalue weighted by molar-refractivity contribution is 4.79. The Morgan fingerprint density at radius 1 is 1.23 bits per heavy atom. The van der Waals surface area contributed by atoms with Crippen LogP contribution in [0.3, 0.4) is 0 Å². The van der Waals surface area contributed by atoms with E-state index in [1.54, 1.807) is 0 Å². The summed E-state index contributed by atoms with van der Waals surface area (Å²) in [6.07, 6.45) is 10.4. The van der Waals surface area contributed by atoms with Crippen LogP contribution in [-0.4, -0.2) is 0 Å². The molecule has 0 aromatic rings. The fourth-order valence-corrected chi connectivity index (χ4v) is 2.77. The first-order chi connectivity index (χ1) is 6.24. The molecule has 0 bridgehead atoms. The number of allylic oxidation sites excluding steroid dienone is 1. The largest absolute Gasteiger partial charge is 0.103 e. The first-order valence-corrected chi connectivity index (χ1v) is 5.85. The van der Waals surface area contributed by atoms with Gasteiger partial charge in [-0.3, -0.25) is 0 Å². The number of rotatable bonds is 5. The second-order valence-electron chi connectivity index (χ2n) is 4.89. The molecule has 0 spiro atoms. The zero-order valence-electron chi connectivity index (χ0n) is 9.26. The maximum absolute atomic E-state index is 3.76. The summed E-state index contributed by atoms with van der Waals surface area (Å²) in [7, 11) is 0. The SMILES string of the molecule is C=CCCCCC1CC(C)CC1C. The van der Waals surface area contributed by atoms with E-state index in [-0.39, 0.29) is 0 Å². The van der Waals surface area contributed by atoms with Gasteiger partial charge in [-0.05, 0) is 43.4 Å². The summed E-state index contributed by atoms with van der Waals surface area (Å²) in [4.78, 5) is 0. The summed E-state index contributed by atoms with van der Waals surface area (Å²) in [5, 5.41) is 0. The lowest BCUT2D eigenvalue weighted by Gasteiger charge is -2.14. The summed E-state index contributed by atoms with van der Waals surface area (Å²) < 4.78 is 0. The molecular formula is C13H24. The Kier molecular flexibility index (Phi) is 4.55. The summed E-state index contributed by atoms with van der Waals surface area (Å²) in [6.45, 7) is 8.59. The van der Waals surface area contributed by atoms with Gasteiger partial charge in [0, 0.05) is 0 Å². The van der Waals surface area contributed by atoms with E-state index < -0.39 is 0 Å². The molecule has 3 atom stereocenters. The molecule has 76 valence electrons. The first kappa shape index (κ1) is 10.8. The van der Waals surface area contributed by atoms with Crippen molar-refractivity contribution in [1.82, 2.24) is 0 Å². The van der Waals surface area contributed by atoms with E-state index in [1.165, 1.54) is 38.5 Å². The molecule has 1 aliphatic carbocycles. The van der Waals surface area contributed by atoms with Crippen molar-refractivity contribution in [3.8, 4) is 0 Å². The van der Waals surface area contributed by atoms with Gasteiger partial charge in [0.2, 0.25) is 0 Å². The molecule has 0 heterocycles. The predicted molar refractivity (Wildman–Crippen MR) is 59.7 cm³/mol. The van der Waals surface area contributed by atoms with Gasteiger partial charge >= 0.3 is 0 Å². The Hall–Kier alpha value is -0.260. The van der Waals surface area contributed by atoms with E-state index in [0.29, 0.717) is 0 Å². The van der Waals surface area contributed by atoms with Crippen molar-refractivity contribution in [3.63, 3.8) is 0 Å². The zero-order chi connectivity index (χ0) is 9.68. The minimum Gasteiger partial charge on any atom is -0.103 e. The highest BCUT2D eigenvalue weighted by Gasteiger charge is 2.27. The smallest absolute Gasteiger partial charge is 0.0353 e. The van der Waals surface area contributed by atoms with Crippen LogP contribution in [0, 0.1) is 17.8 Å². The van der Waals surface area contributed by atoms with Crippen LogP contribution < -0.4 is 0 Å². The van der Waals surface area contributed by atoms with Crippen molar-refractivity contribution in [2.45, 2.75) is 52.4 Å². The van der Waals surface area contributed by atoms with Gasteiger partial charge in [0.1, 0.15) is 0 Å². The zero-order valence-corrected chi connectivity index (χ0v) is 9.26. The van der Waals surface area contributed by atoms with Crippen LogP contribution in [-0.2, 0) is 0 Å². The minimum atomic E-state index is 0.985. The standard InChI is InChI=1S/C13H24/c1-4-5-6-7-8-13-10-11(2)9-12(13)3/h4,11-13H,1,5-10H2,2-3H3. The van der Waals surface area contributed by atoms with Crippen LogP contribution >= 0.6 is 0 Å². The van der Waals surface area contributed by atoms with E-state index in [1.807, 2.05) is 6.08 Å². The molecule has 1 saturated carbocycles. The van der Waals surface area contributed by atoms with Crippen molar-refractivity contribution >= 4 is 0 Å². The Labute approximate surface area is 83.4 Å². The number of hydrogen-bond acceptors (Lipinski definition) is 0. The third-order valence-electron chi connectivity index (χ3n) is 3.52. The van der Waals surface area contributed by atoms with E-state index in [0.717, 1.165) is 17.8 Å². The minimum absolute atomic E-state index is 0.985. The Morgan fingerprint density at radius 2 is 2.00 bits per heavy atom. The molecular weight excluding hydrogens is 156 g/mol. The monoisotopic (exact) mass is 180 g/mol. The van der Waals surface area contributed by atoms with E-state index in [4.69, 9.17) is 0 Å². The lowest BCUT2D eigenvalue weighted by Crippen LogP contribution is -2.03. The summed E-state index contributed by atoms with van der Waals surface area (Å²) in [6, 6.07) is 0. The van der Waals surface area contributed by atoms with Crippen LogP contribution in [0.1, 0.15) is 52.4 Å². The van der Waals surface area contributed by atoms with Crippen molar-refractivity contribution in [1.29, 1.82) is 0 Å². The third kappa shape index (κ3) is 3.54. The fourth-order valence-electron chi connectivity index (χ4n) is 2.77. The Bertz CT molecular complexity index is 148. The van der Waals surface area contributed by atoms with E-state index >= 15 is 0 Å². The lowest BCUT2D eigenvalue weighted by molar-refractivity contribution is 0.377. The van der Waals surface area contributed by atoms with Crippen LogP contribution in [0.2, 0.25) is 0 Å². The first-order valence-electron chi connectivity index (χ1n) is 5.85. The maximum Gasteiger partial charge on any atom is -0.0353 e. The summed E-state index contributed by atoms with van der Waals surface area (Å²) in [5.74, 6) is 3.00. The van der Waals surface area contributed by atoms with Gasteiger partial charge in [-0.15, -0.1) is 6.58 Å². The molecule has 0 aliphatic heterocycles. The number of unbranched alkanes of at least 4 members (excludes halogenated alkanes) is 2. The van der Waals surface area contributed by atoms with Gasteiger partial charge in [0.25, 0.3) is 0 Å². The molecule has 1 aliphatic rings. The lowest BCUT2D eigenvalue weighted by atomic mass is 9.92. The fraction of sp³-hybridized carbons (Fsp3) is 0.846. The molecule has 0 aromatic carbocycles. The molecule has 0 heteroatoms. The molecule has 13 heavy (non-hydrogen) atoms. The van der Waals surface area contributed by atoms with E-state index in [2.05, 4.69) is 20.4 Å². The summed E-state index contributed by atoms with van der Waals surface area (Å²) in [5.41, 5.74) is 0. The molecule has 1 fully saturated rings. The predicted octanol–water partition coefficient (Wildman–Crippen LogP) is 4.42. The molecule has 0 saturated heterocycles. The number of hydrogen-bond donors (Lipinski definition) is 0. The molecule has 3 unspecified atom stereocenters. The van der Waals surface area contributed by atoms with Gasteiger partial charge < -0.3 is 0 Å². The van der Waals surface area contributed by atoms with Gasteiger partial charge in [-0.25, -0.2) is 0 Å². The average Bonchev–Trinajstić information content (AvgIpc) is 2.39. The normalized spacial score (nSPS) is 33.5. The summed E-state index contributed by atoms with van der Waals surface area (Å²) >= 11 is 0. The third-order valence-corrected chi connectivity index (χ3v) is 3.52. The maximum atomic E-state index is 3.76. The molecule has 1 rings (SSSR count). The van der Waals surface area contributed by atoms with Gasteiger partial charge in [0.15, 0.2) is 0 Å². The van der Waals surface area contributed by atoms with Gasteiger partial charge in [0.05, 0.1) is 0 Å². The molecule has 0 nitrogen and oxygen atoms in total. The van der Waals surface area contributed by atoms with Crippen LogP contribution in [0.5, 0.6) is 0 Å². The molecule has 0 amide bonds. The Balaban J connectivity index is 2.10. The molecule has 0 N–H and O–H groups in total. The van der Waals surface area contributed by atoms with Crippen LogP contribution in [0.15, 0.2) is 12.7 Å². The van der Waals surface area contributed by atoms with Crippen molar-refractivity contribution in [3.05, 3.63) is 12.7 Å². The van der Waals surface area contributed by atoms with Crippen LogP contribution in [0.4, 0.5) is 0 Å². The van der Waals surface area contributed by atoms with Gasteiger partial charge in [-0.2, -0.15) is 0 Å². The van der Waals surface area contributed by atoms with Crippen LogP contribution in [0.25, 0.3) is 0 Å². The van der Waals surface area contributed by atoms with Gasteiger partial charge in [-0.1, -0.05) is 32.8 Å². The second-order valence-corrected chi connectivity index (χ2v) is 4.89. The van der Waals surface area contributed by atoms with Crippen molar-refractivity contribution in [2.75, 3.05) is 0 Å². The average molecular weight is 180 g/mol. The highest BCUT2D eigenvalue weighted by Crippen LogP contribution is 2.38. The Morgan fingerprint density at radius 3 is 2.54 bits per heavy atom. The molecule has 0 radical (unpaired) electrons. The second kappa shape index (κ2) is 5.47. The molecule has 0 aromatic heterocycles. The van der Waals surface area contributed by atoms with Crippen molar-refractivity contribution < 1.29 is 0 Å². The van der Waals surface area contributed by atoms with Crippen molar-refractivity contribution in [2.24, 2.45) is 17.8 Å². The van der Waals surface area contributed by atoms with E-state index in [9.17, 15) is 0 Å². The highest BCUT2D eigenvalue weighted by atomic mass is 14.3. The quantitative estimate of drug-likeness (QED) is 0.434. The topological polar surface area (TPSA) is 0 Å².